The number of hydrogen-bond acceptors (Lipinski definition) is 7. The van der Waals surface area contributed by atoms with Crippen molar-refractivity contribution >= 4 is 34.6 Å². The predicted molar refractivity (Wildman–Crippen MR) is 168 cm³/mol. The standard InChI is InChI=1S/C32H44N6O6/c1-3-19(2)28(34)31(42)38-26(16-20-11-13-22(39)14-12-20)29(40)37-27(17-21-18-35-24-9-5-4-8-23(21)24)30(41)36-25(32(43)44)10-6-7-15-33/h4-5,8-9,11-14,18-19,25-28,35,39H,3,6-7,10,15-17,33-34H2,1-2H3,(H,36,41)(H,37,40)(H,38,42)(H,43,44). The SMILES string of the molecule is CCC(C)C(N)C(=O)NC(Cc1ccc(O)cc1)C(=O)NC(Cc1c[nH]c2ccccc12)C(=O)NC(CCCCN)C(=O)O. The Kier molecular flexibility index (Phi) is 12.7. The van der Waals surface area contributed by atoms with Gasteiger partial charge in [0.25, 0.3) is 0 Å². The van der Waals surface area contributed by atoms with E-state index >= 15 is 0 Å². The predicted octanol–water partition coefficient (Wildman–Crippen LogP) is 1.70. The summed E-state index contributed by atoms with van der Waals surface area (Å²) in [5, 5.41) is 28.4. The van der Waals surface area contributed by atoms with Gasteiger partial charge in [-0.3, -0.25) is 14.4 Å². The van der Waals surface area contributed by atoms with Crippen molar-refractivity contribution in [2.75, 3.05) is 6.54 Å². The minimum absolute atomic E-state index is 0.0486. The molecule has 2 aromatic carbocycles. The number of benzene rings is 2. The highest BCUT2D eigenvalue weighted by atomic mass is 16.4. The van der Waals surface area contributed by atoms with Gasteiger partial charge in [-0.25, -0.2) is 4.79 Å². The van der Waals surface area contributed by atoms with Crippen LogP contribution < -0.4 is 27.4 Å². The van der Waals surface area contributed by atoms with Crippen LogP contribution in [0.15, 0.2) is 54.7 Å². The van der Waals surface area contributed by atoms with Crippen molar-refractivity contribution in [3.05, 3.63) is 65.9 Å². The number of aromatic nitrogens is 1. The van der Waals surface area contributed by atoms with Crippen LogP contribution in [0.25, 0.3) is 10.9 Å². The molecule has 0 fully saturated rings. The Bertz CT molecular complexity index is 1410. The van der Waals surface area contributed by atoms with E-state index in [1.165, 1.54) is 12.1 Å². The number of fused-ring (bicyclic) bond motifs is 1. The number of phenols is 1. The number of carboxylic acids is 1. The number of phenolic OH excluding ortho intramolecular Hbond substituents is 1. The second-order valence-corrected chi connectivity index (χ2v) is 11.2. The molecule has 3 aromatic rings. The molecule has 12 heteroatoms. The van der Waals surface area contributed by atoms with Gasteiger partial charge in [0, 0.05) is 29.9 Å². The number of nitrogens with two attached hydrogens (primary N) is 2. The Hall–Kier alpha value is -4.42. The fourth-order valence-corrected chi connectivity index (χ4v) is 4.88. The minimum Gasteiger partial charge on any atom is -0.508 e. The molecule has 3 amide bonds. The topological polar surface area (TPSA) is 213 Å². The number of amides is 3. The van der Waals surface area contributed by atoms with Crippen LogP contribution in [0.4, 0.5) is 0 Å². The fourth-order valence-electron chi connectivity index (χ4n) is 4.88. The van der Waals surface area contributed by atoms with E-state index in [2.05, 4.69) is 20.9 Å². The fraction of sp³-hybridized carbons (Fsp3) is 0.438. The summed E-state index contributed by atoms with van der Waals surface area (Å²) < 4.78 is 0. The van der Waals surface area contributed by atoms with Crippen LogP contribution in [0.2, 0.25) is 0 Å². The van der Waals surface area contributed by atoms with Crippen molar-refractivity contribution in [1.29, 1.82) is 0 Å². The maximum absolute atomic E-state index is 13.8. The maximum atomic E-state index is 13.8. The number of carbonyl (C=O) groups excluding carboxylic acids is 3. The van der Waals surface area contributed by atoms with E-state index in [-0.39, 0.29) is 30.9 Å². The third-order valence-electron chi connectivity index (χ3n) is 7.86. The average molecular weight is 609 g/mol. The largest absolute Gasteiger partial charge is 0.508 e. The molecule has 0 radical (unpaired) electrons. The number of carbonyl (C=O) groups is 4. The van der Waals surface area contributed by atoms with Gasteiger partial charge in [-0.05, 0) is 61.1 Å². The van der Waals surface area contributed by atoms with Crippen LogP contribution in [-0.2, 0) is 32.0 Å². The first-order chi connectivity index (χ1) is 21.0. The van der Waals surface area contributed by atoms with Crippen molar-refractivity contribution in [2.24, 2.45) is 17.4 Å². The van der Waals surface area contributed by atoms with E-state index in [0.717, 1.165) is 16.5 Å². The second-order valence-electron chi connectivity index (χ2n) is 11.2. The molecule has 1 aromatic heterocycles. The van der Waals surface area contributed by atoms with Gasteiger partial charge in [0.2, 0.25) is 17.7 Å². The molecule has 238 valence electrons. The Balaban J connectivity index is 1.90. The number of aromatic hydroxyl groups is 1. The van der Waals surface area contributed by atoms with Gasteiger partial charge in [-0.15, -0.1) is 0 Å². The highest BCUT2D eigenvalue weighted by Crippen LogP contribution is 2.20. The van der Waals surface area contributed by atoms with Crippen molar-refractivity contribution in [3.63, 3.8) is 0 Å². The van der Waals surface area contributed by atoms with E-state index in [1.54, 1.807) is 18.3 Å². The lowest BCUT2D eigenvalue weighted by Gasteiger charge is -2.26. The third kappa shape index (κ3) is 9.55. The van der Waals surface area contributed by atoms with Gasteiger partial charge in [0.15, 0.2) is 0 Å². The van der Waals surface area contributed by atoms with Gasteiger partial charge in [-0.2, -0.15) is 0 Å². The number of carboxylic acid groups (broad SMARTS) is 1. The Morgan fingerprint density at radius 1 is 0.864 bits per heavy atom. The summed E-state index contributed by atoms with van der Waals surface area (Å²) in [6.45, 7) is 4.15. The Labute approximate surface area is 257 Å². The average Bonchev–Trinajstić information content (AvgIpc) is 3.42. The summed E-state index contributed by atoms with van der Waals surface area (Å²) in [6.07, 6.45) is 3.81. The van der Waals surface area contributed by atoms with Crippen molar-refractivity contribution in [2.45, 2.75) is 76.5 Å². The van der Waals surface area contributed by atoms with Gasteiger partial charge < -0.3 is 42.6 Å². The van der Waals surface area contributed by atoms with Gasteiger partial charge >= 0.3 is 5.97 Å². The smallest absolute Gasteiger partial charge is 0.326 e. The molecule has 1 heterocycles. The third-order valence-corrected chi connectivity index (χ3v) is 7.86. The molecule has 5 unspecified atom stereocenters. The van der Waals surface area contributed by atoms with Crippen LogP contribution in [0.3, 0.4) is 0 Å². The minimum atomic E-state index is -1.19. The van der Waals surface area contributed by atoms with Crippen molar-refractivity contribution in [3.8, 4) is 5.75 Å². The molecular formula is C32H44N6O6. The zero-order valence-electron chi connectivity index (χ0n) is 25.2. The number of unbranched alkanes of at least 4 members (excludes halogenated alkanes) is 1. The summed E-state index contributed by atoms with van der Waals surface area (Å²) in [7, 11) is 0. The first-order valence-electron chi connectivity index (χ1n) is 15.0. The summed E-state index contributed by atoms with van der Waals surface area (Å²) >= 11 is 0. The van der Waals surface area contributed by atoms with E-state index in [1.807, 2.05) is 38.1 Å². The molecule has 12 nitrogen and oxygen atoms in total. The number of H-pyrrole nitrogens is 1. The van der Waals surface area contributed by atoms with E-state index in [4.69, 9.17) is 11.5 Å². The summed E-state index contributed by atoms with van der Waals surface area (Å²) in [5.41, 5.74) is 13.9. The molecule has 3 rings (SSSR count). The van der Waals surface area contributed by atoms with E-state index in [0.29, 0.717) is 31.4 Å². The monoisotopic (exact) mass is 608 g/mol. The molecule has 0 saturated carbocycles. The number of hydrogen-bond donors (Lipinski definition) is 8. The highest BCUT2D eigenvalue weighted by molar-refractivity contribution is 5.95. The first-order valence-corrected chi connectivity index (χ1v) is 15.0. The van der Waals surface area contributed by atoms with E-state index < -0.39 is 47.9 Å². The molecule has 10 N–H and O–H groups in total. The molecule has 0 aliphatic carbocycles. The highest BCUT2D eigenvalue weighted by Gasteiger charge is 2.31. The lowest BCUT2D eigenvalue weighted by atomic mass is 9.98. The number of nitrogens with one attached hydrogen (secondary N) is 4. The van der Waals surface area contributed by atoms with E-state index in [9.17, 15) is 29.4 Å². The molecule has 0 saturated heterocycles. The van der Waals surface area contributed by atoms with Gasteiger partial charge in [0.05, 0.1) is 6.04 Å². The first kappa shape index (κ1) is 34.1. The van der Waals surface area contributed by atoms with Gasteiger partial charge in [-0.1, -0.05) is 50.6 Å². The number of aromatic amines is 1. The molecule has 5 atom stereocenters. The molecule has 0 spiro atoms. The van der Waals surface area contributed by atoms with Crippen molar-refractivity contribution < 1.29 is 29.4 Å². The van der Waals surface area contributed by atoms with Crippen LogP contribution in [-0.4, -0.2) is 69.6 Å². The molecule has 44 heavy (non-hydrogen) atoms. The number of aliphatic carboxylic acids is 1. The maximum Gasteiger partial charge on any atom is 0.326 e. The van der Waals surface area contributed by atoms with Gasteiger partial charge in [0.1, 0.15) is 23.9 Å². The quantitative estimate of drug-likeness (QED) is 0.105. The lowest BCUT2D eigenvalue weighted by molar-refractivity contribution is -0.142. The lowest BCUT2D eigenvalue weighted by Crippen LogP contribution is -2.58. The summed E-state index contributed by atoms with van der Waals surface area (Å²) in [4.78, 5) is 55.6. The van der Waals surface area contributed by atoms with Crippen LogP contribution in [0.1, 0.15) is 50.7 Å². The zero-order chi connectivity index (χ0) is 32.2. The van der Waals surface area contributed by atoms with Crippen molar-refractivity contribution in [1.82, 2.24) is 20.9 Å². The normalized spacial score (nSPS) is 14.6. The Morgan fingerprint density at radius 3 is 2.11 bits per heavy atom. The number of para-hydroxylation sites is 1. The molecule has 0 bridgehead atoms. The van der Waals surface area contributed by atoms with Crippen LogP contribution >= 0.6 is 0 Å². The van der Waals surface area contributed by atoms with Crippen LogP contribution in [0.5, 0.6) is 5.75 Å². The number of rotatable bonds is 17. The Morgan fingerprint density at radius 2 is 1.48 bits per heavy atom. The van der Waals surface area contributed by atoms with Crippen LogP contribution in [0, 0.1) is 5.92 Å². The zero-order valence-corrected chi connectivity index (χ0v) is 25.2. The second kappa shape index (κ2) is 16.4. The molecule has 0 aliphatic heterocycles. The molecule has 0 aliphatic rings. The summed E-state index contributed by atoms with van der Waals surface area (Å²) in [5.74, 6) is -3.11. The molecular weight excluding hydrogens is 564 g/mol. The summed E-state index contributed by atoms with van der Waals surface area (Å²) in [6, 6.07) is 9.40.